The normalized spacial score (nSPS) is 61.6. The molecule has 0 aromatic heterocycles. The van der Waals surface area contributed by atoms with Gasteiger partial charge in [0.05, 0.1) is 24.4 Å². The standard InChI is InChI=1S/C13H11Br2NO4/c1-16-10(17)12(14)8-6-4-2-3-5(19-4)7(6)9(20-8)13(12,15)11(16)18/h2-9H,1H3/t4-,5+,6?,7?,8+,9-,12+,13-. The summed E-state index contributed by atoms with van der Waals surface area (Å²) in [5, 5.41) is 0. The largest absolute Gasteiger partial charge is 0.370 e. The van der Waals surface area contributed by atoms with Crippen LogP contribution in [0.2, 0.25) is 0 Å². The number of likely N-dealkylation sites (tertiary alicyclic amines) is 1. The number of carbonyl (C=O) groups is 2. The minimum Gasteiger partial charge on any atom is -0.370 e. The first kappa shape index (κ1) is 12.3. The molecule has 5 rings (SSSR count). The van der Waals surface area contributed by atoms with Crippen LogP contribution in [0.25, 0.3) is 0 Å². The number of alkyl halides is 2. The van der Waals surface area contributed by atoms with Crippen LogP contribution in [0.3, 0.4) is 0 Å². The first-order valence-corrected chi connectivity index (χ1v) is 8.20. The van der Waals surface area contributed by atoms with E-state index in [0.29, 0.717) is 0 Å². The van der Waals surface area contributed by atoms with E-state index in [0.717, 1.165) is 0 Å². The third-order valence-corrected chi connectivity index (χ3v) is 8.91. The lowest BCUT2D eigenvalue weighted by Gasteiger charge is -2.40. The number of hydrogen-bond donors (Lipinski definition) is 0. The van der Waals surface area contributed by atoms with Crippen molar-refractivity contribution in [3.8, 4) is 0 Å². The Balaban J connectivity index is 1.73. The van der Waals surface area contributed by atoms with Crippen molar-refractivity contribution in [1.29, 1.82) is 0 Å². The fourth-order valence-corrected chi connectivity index (χ4v) is 6.87. The van der Waals surface area contributed by atoms with Gasteiger partial charge < -0.3 is 9.47 Å². The summed E-state index contributed by atoms with van der Waals surface area (Å²) in [7, 11) is 1.54. The van der Waals surface area contributed by atoms with E-state index in [4.69, 9.17) is 9.47 Å². The molecule has 2 unspecified atom stereocenters. The zero-order chi connectivity index (χ0) is 14.0. The number of rotatable bonds is 0. The van der Waals surface area contributed by atoms with Gasteiger partial charge in [0.1, 0.15) is 0 Å². The molecule has 7 heteroatoms. The highest BCUT2D eigenvalue weighted by atomic mass is 79.9. The molecule has 0 spiro atoms. The van der Waals surface area contributed by atoms with Crippen molar-refractivity contribution in [2.75, 3.05) is 7.05 Å². The molecule has 2 amide bonds. The SMILES string of the molecule is CN1C(=O)[C@@]2(Br)[C@H]3O[C@H](C4C3[C@H]3C=C[C@@H]4O3)[C@@]2(Br)C1=O. The molecular weight excluding hydrogens is 394 g/mol. The van der Waals surface area contributed by atoms with Gasteiger partial charge in [-0.25, -0.2) is 0 Å². The van der Waals surface area contributed by atoms with E-state index in [1.165, 1.54) is 11.9 Å². The average molecular weight is 405 g/mol. The van der Waals surface area contributed by atoms with Crippen LogP contribution in [0.5, 0.6) is 0 Å². The van der Waals surface area contributed by atoms with Gasteiger partial charge in [-0.15, -0.1) is 0 Å². The summed E-state index contributed by atoms with van der Waals surface area (Å²) in [4.78, 5) is 26.4. The number of amides is 2. The lowest BCUT2D eigenvalue weighted by molar-refractivity contribution is -0.140. The first-order valence-electron chi connectivity index (χ1n) is 6.62. The molecule has 0 aliphatic carbocycles. The van der Waals surface area contributed by atoms with Crippen LogP contribution in [0.4, 0.5) is 0 Å². The Morgan fingerprint density at radius 3 is 1.90 bits per heavy atom. The molecule has 0 aromatic carbocycles. The molecule has 0 radical (unpaired) electrons. The van der Waals surface area contributed by atoms with Crippen LogP contribution in [-0.2, 0) is 19.1 Å². The second-order valence-electron chi connectivity index (χ2n) is 6.18. The van der Waals surface area contributed by atoms with Gasteiger partial charge >= 0.3 is 0 Å². The fraction of sp³-hybridized carbons (Fsp3) is 0.692. The summed E-state index contributed by atoms with van der Waals surface area (Å²) in [6.07, 6.45) is 3.43. The van der Waals surface area contributed by atoms with E-state index >= 15 is 0 Å². The van der Waals surface area contributed by atoms with Crippen LogP contribution in [0.15, 0.2) is 12.2 Å². The van der Waals surface area contributed by atoms with E-state index in [1.807, 2.05) is 12.2 Å². The predicted molar refractivity (Wildman–Crippen MR) is 74.5 cm³/mol. The van der Waals surface area contributed by atoms with Crippen molar-refractivity contribution in [3.05, 3.63) is 12.2 Å². The summed E-state index contributed by atoms with van der Waals surface area (Å²) in [5.41, 5.74) is 0. The van der Waals surface area contributed by atoms with Crippen LogP contribution >= 0.6 is 31.9 Å². The van der Waals surface area contributed by atoms with E-state index in [1.54, 1.807) is 0 Å². The molecule has 5 aliphatic heterocycles. The molecule has 8 atom stereocenters. The molecule has 4 saturated heterocycles. The van der Waals surface area contributed by atoms with Crippen molar-refractivity contribution in [1.82, 2.24) is 4.90 Å². The number of imide groups is 1. The monoisotopic (exact) mass is 403 g/mol. The Labute approximate surface area is 131 Å². The number of nitrogens with zero attached hydrogens (tertiary/aromatic N) is 1. The van der Waals surface area contributed by atoms with Crippen molar-refractivity contribution in [2.24, 2.45) is 11.8 Å². The van der Waals surface area contributed by atoms with Crippen molar-refractivity contribution in [2.45, 2.75) is 33.1 Å². The summed E-state index contributed by atoms with van der Waals surface area (Å²) in [6.45, 7) is 0. The Bertz CT molecular complexity index is 561. The Morgan fingerprint density at radius 1 is 1.00 bits per heavy atom. The molecule has 0 N–H and O–H groups in total. The van der Waals surface area contributed by atoms with Gasteiger partial charge in [0.2, 0.25) is 0 Å². The van der Waals surface area contributed by atoms with Crippen molar-refractivity contribution in [3.63, 3.8) is 0 Å². The van der Waals surface area contributed by atoms with Crippen LogP contribution in [0.1, 0.15) is 0 Å². The van der Waals surface area contributed by atoms with Gasteiger partial charge in [0.15, 0.2) is 8.65 Å². The molecule has 4 bridgehead atoms. The second-order valence-corrected chi connectivity index (χ2v) is 8.68. The van der Waals surface area contributed by atoms with Crippen LogP contribution < -0.4 is 0 Å². The minimum absolute atomic E-state index is 0.000262. The molecular formula is C13H11Br2NO4. The maximum Gasteiger partial charge on any atom is 0.250 e. The van der Waals surface area contributed by atoms with E-state index in [9.17, 15) is 9.59 Å². The highest BCUT2D eigenvalue weighted by Crippen LogP contribution is 2.69. The molecule has 0 aromatic rings. The lowest BCUT2D eigenvalue weighted by atomic mass is 9.65. The fourth-order valence-electron chi connectivity index (χ4n) is 4.72. The zero-order valence-corrected chi connectivity index (χ0v) is 13.6. The Kier molecular flexibility index (Phi) is 1.99. The third kappa shape index (κ3) is 0.917. The van der Waals surface area contributed by atoms with E-state index < -0.39 is 8.65 Å². The maximum atomic E-state index is 12.6. The van der Waals surface area contributed by atoms with Crippen LogP contribution in [-0.4, -0.2) is 56.8 Å². The highest BCUT2D eigenvalue weighted by molar-refractivity contribution is 9.13. The number of halogens is 2. The summed E-state index contributed by atoms with van der Waals surface area (Å²) < 4.78 is 9.97. The third-order valence-electron chi connectivity index (χ3n) is 5.55. The summed E-state index contributed by atoms with van der Waals surface area (Å²) in [5.74, 6) is -0.166. The Morgan fingerprint density at radius 2 is 1.45 bits per heavy atom. The Hall–Kier alpha value is -0.240. The van der Waals surface area contributed by atoms with Crippen molar-refractivity contribution < 1.29 is 19.1 Å². The minimum atomic E-state index is -1.01. The lowest BCUT2D eigenvalue weighted by Crippen LogP contribution is -2.62. The van der Waals surface area contributed by atoms with Crippen LogP contribution in [0, 0.1) is 11.8 Å². The zero-order valence-electron chi connectivity index (χ0n) is 10.5. The number of carbonyl (C=O) groups excluding carboxylic acids is 2. The molecule has 5 heterocycles. The van der Waals surface area contributed by atoms with E-state index in [2.05, 4.69) is 31.9 Å². The highest BCUT2D eigenvalue weighted by Gasteiger charge is 2.86. The van der Waals surface area contributed by atoms with E-state index in [-0.39, 0.29) is 48.1 Å². The summed E-state index contributed by atoms with van der Waals surface area (Å²) >= 11 is 7.15. The van der Waals surface area contributed by atoms with Crippen molar-refractivity contribution >= 4 is 43.7 Å². The maximum absolute atomic E-state index is 12.6. The van der Waals surface area contributed by atoms with Gasteiger partial charge in [0.25, 0.3) is 11.8 Å². The molecule has 106 valence electrons. The predicted octanol–water partition coefficient (Wildman–Crippen LogP) is 0.603. The van der Waals surface area contributed by atoms with Gasteiger partial charge in [-0.05, 0) is 0 Å². The molecule has 0 saturated carbocycles. The second kappa shape index (κ2) is 3.24. The van der Waals surface area contributed by atoms with Gasteiger partial charge in [-0.3, -0.25) is 14.5 Å². The van der Waals surface area contributed by atoms with Gasteiger partial charge in [-0.1, -0.05) is 44.0 Å². The molecule has 5 nitrogen and oxygen atoms in total. The average Bonchev–Trinajstić information content (AvgIpc) is 3.17. The number of hydrogen-bond acceptors (Lipinski definition) is 4. The molecule has 4 fully saturated rings. The number of ether oxygens (including phenoxy) is 2. The molecule has 5 aliphatic rings. The molecule has 20 heavy (non-hydrogen) atoms. The van der Waals surface area contributed by atoms with Gasteiger partial charge in [0, 0.05) is 18.9 Å². The quantitative estimate of drug-likeness (QED) is 0.337. The number of fused-ring (bicyclic) bond motifs is 12. The first-order chi connectivity index (χ1) is 9.42. The summed E-state index contributed by atoms with van der Waals surface area (Å²) in [6, 6.07) is 0. The smallest absolute Gasteiger partial charge is 0.250 e. The van der Waals surface area contributed by atoms with Gasteiger partial charge in [-0.2, -0.15) is 0 Å². The topological polar surface area (TPSA) is 55.8 Å².